The van der Waals surface area contributed by atoms with Crippen molar-refractivity contribution < 1.29 is 9.18 Å². The van der Waals surface area contributed by atoms with Crippen LogP contribution in [0.4, 0.5) is 10.1 Å². The van der Waals surface area contributed by atoms with E-state index in [1.54, 1.807) is 24.4 Å². The Morgan fingerprint density at radius 1 is 1.05 bits per heavy atom. The Kier molecular flexibility index (Phi) is 7.48. The molecule has 2 aromatic heterocycles. The number of amides is 1. The summed E-state index contributed by atoms with van der Waals surface area (Å²) in [6, 6.07) is 20.3. The molecule has 1 aliphatic heterocycles. The lowest BCUT2D eigenvalue weighted by Gasteiger charge is -2.28. The molecule has 2 unspecified atom stereocenters. The monoisotopic (exact) mass is 541 g/mol. The van der Waals surface area contributed by atoms with E-state index in [-0.39, 0.29) is 30.1 Å². The Morgan fingerprint density at radius 2 is 1.82 bits per heavy atom. The zero-order valence-electron chi connectivity index (χ0n) is 22.5. The summed E-state index contributed by atoms with van der Waals surface area (Å²) < 4.78 is 16.4. The molecule has 5 rings (SSSR count). The molecule has 4 aromatic rings. The number of benzene rings is 2. The zero-order chi connectivity index (χ0) is 27.7. The molecule has 3 heterocycles. The molecule has 39 heavy (non-hydrogen) atoms. The molecule has 1 amide bonds. The van der Waals surface area contributed by atoms with Gasteiger partial charge in [0.25, 0.3) is 0 Å². The van der Waals surface area contributed by atoms with E-state index in [0.29, 0.717) is 11.7 Å². The van der Waals surface area contributed by atoms with Crippen LogP contribution in [0.3, 0.4) is 0 Å². The van der Waals surface area contributed by atoms with E-state index in [9.17, 15) is 9.18 Å². The summed E-state index contributed by atoms with van der Waals surface area (Å²) in [5, 5.41) is 6.71. The average Bonchev–Trinajstić information content (AvgIpc) is 3.40. The smallest absolute Gasteiger partial charge is 0.226 e. The summed E-state index contributed by atoms with van der Waals surface area (Å²) in [7, 11) is 0. The first-order chi connectivity index (χ1) is 18.7. The van der Waals surface area contributed by atoms with Crippen LogP contribution >= 0.6 is 12.2 Å². The normalized spacial score (nSPS) is 16.8. The number of aryl methyl sites for hydroxylation is 3. The van der Waals surface area contributed by atoms with E-state index in [0.717, 1.165) is 28.3 Å². The van der Waals surface area contributed by atoms with E-state index < -0.39 is 5.82 Å². The number of pyridine rings is 1. The number of nitrogens with one attached hydrogen (secondary N) is 2. The van der Waals surface area contributed by atoms with Crippen LogP contribution in [0, 0.1) is 33.5 Å². The summed E-state index contributed by atoms with van der Waals surface area (Å²) >= 11 is 5.80. The van der Waals surface area contributed by atoms with Gasteiger partial charge < -0.3 is 20.1 Å². The van der Waals surface area contributed by atoms with Crippen LogP contribution in [0.1, 0.15) is 52.3 Å². The highest BCUT2D eigenvalue weighted by atomic mass is 32.1. The quantitative estimate of drug-likeness (QED) is 0.271. The molecule has 2 aromatic carbocycles. The van der Waals surface area contributed by atoms with Crippen molar-refractivity contribution in [3.05, 3.63) is 113 Å². The lowest BCUT2D eigenvalue weighted by Crippen LogP contribution is -2.33. The molecule has 2 atom stereocenters. The number of aromatic nitrogens is 2. The Hall–Kier alpha value is -4.04. The summed E-state index contributed by atoms with van der Waals surface area (Å²) in [4.78, 5) is 19.5. The Balaban J connectivity index is 1.50. The summed E-state index contributed by atoms with van der Waals surface area (Å²) in [6.45, 7) is 8.83. The molecule has 1 saturated heterocycles. The standard InChI is InChI=1S/C31H32FN5OS/c1-19-12-13-20(2)27(17-19)37-21(3)18-23(22(37)4)30-29(26-11-7-8-15-33-26)35-31(39)36(30)16-14-28(38)34-25-10-6-5-9-24(25)32/h5-13,15,17-18,29-30H,14,16H2,1-4H3,(H,34,38)(H,35,39). The minimum Gasteiger partial charge on any atom is -0.352 e. The number of hydrogen-bond donors (Lipinski definition) is 2. The molecular formula is C31H32FN5OS. The van der Waals surface area contributed by atoms with Crippen molar-refractivity contribution in [2.24, 2.45) is 0 Å². The molecule has 1 fully saturated rings. The summed E-state index contributed by atoms with van der Waals surface area (Å²) in [6.07, 6.45) is 1.93. The first-order valence-corrected chi connectivity index (χ1v) is 13.4. The lowest BCUT2D eigenvalue weighted by molar-refractivity contribution is -0.116. The van der Waals surface area contributed by atoms with Gasteiger partial charge >= 0.3 is 0 Å². The molecule has 6 nitrogen and oxygen atoms in total. The van der Waals surface area contributed by atoms with Gasteiger partial charge in [0.05, 0.1) is 23.5 Å². The van der Waals surface area contributed by atoms with E-state index in [2.05, 4.69) is 77.0 Å². The molecule has 8 heteroatoms. The van der Waals surface area contributed by atoms with Crippen molar-refractivity contribution in [1.29, 1.82) is 0 Å². The van der Waals surface area contributed by atoms with Gasteiger partial charge in [0.2, 0.25) is 5.91 Å². The highest BCUT2D eigenvalue weighted by molar-refractivity contribution is 7.80. The first-order valence-electron chi connectivity index (χ1n) is 13.0. The van der Waals surface area contributed by atoms with Gasteiger partial charge in [-0.15, -0.1) is 0 Å². The Bertz CT molecular complexity index is 1530. The third kappa shape index (κ3) is 5.29. The van der Waals surface area contributed by atoms with Gasteiger partial charge in [-0.2, -0.15) is 0 Å². The minimum atomic E-state index is -0.462. The molecular weight excluding hydrogens is 509 g/mol. The van der Waals surface area contributed by atoms with Gasteiger partial charge in [0, 0.05) is 36.2 Å². The maximum absolute atomic E-state index is 14.1. The first kappa shape index (κ1) is 26.6. The number of anilines is 1. The van der Waals surface area contributed by atoms with Crippen molar-refractivity contribution >= 4 is 28.9 Å². The number of nitrogens with zero attached hydrogens (tertiary/aromatic N) is 3. The number of hydrogen-bond acceptors (Lipinski definition) is 3. The van der Waals surface area contributed by atoms with E-state index in [4.69, 9.17) is 12.2 Å². The van der Waals surface area contributed by atoms with Crippen LogP contribution in [0.25, 0.3) is 5.69 Å². The Labute approximate surface area is 233 Å². The van der Waals surface area contributed by atoms with Crippen LogP contribution < -0.4 is 10.6 Å². The molecule has 0 saturated carbocycles. The summed E-state index contributed by atoms with van der Waals surface area (Å²) in [5.74, 6) is -0.736. The van der Waals surface area contributed by atoms with Crippen molar-refractivity contribution in [3.63, 3.8) is 0 Å². The Morgan fingerprint density at radius 3 is 2.56 bits per heavy atom. The second-order valence-electron chi connectivity index (χ2n) is 10.0. The molecule has 200 valence electrons. The van der Waals surface area contributed by atoms with Gasteiger partial charge in [0.15, 0.2) is 5.11 Å². The lowest BCUT2D eigenvalue weighted by atomic mass is 9.96. The predicted molar refractivity (Wildman–Crippen MR) is 157 cm³/mol. The molecule has 1 aliphatic rings. The van der Waals surface area contributed by atoms with E-state index in [1.807, 2.05) is 18.2 Å². The van der Waals surface area contributed by atoms with E-state index in [1.165, 1.54) is 17.2 Å². The number of carbonyl (C=O) groups excluding carboxylic acids is 1. The maximum atomic E-state index is 14.1. The van der Waals surface area contributed by atoms with Crippen LogP contribution in [-0.4, -0.2) is 32.0 Å². The topological polar surface area (TPSA) is 62.2 Å². The van der Waals surface area contributed by atoms with Crippen molar-refractivity contribution in [3.8, 4) is 5.69 Å². The highest BCUT2D eigenvalue weighted by Gasteiger charge is 2.41. The van der Waals surface area contributed by atoms with Gasteiger partial charge in [0.1, 0.15) is 5.82 Å². The van der Waals surface area contributed by atoms with Crippen molar-refractivity contribution in [1.82, 2.24) is 19.8 Å². The van der Waals surface area contributed by atoms with E-state index >= 15 is 0 Å². The van der Waals surface area contributed by atoms with Gasteiger partial charge in [-0.1, -0.05) is 30.3 Å². The van der Waals surface area contributed by atoms with Crippen LogP contribution in [0.2, 0.25) is 0 Å². The average molecular weight is 542 g/mol. The largest absolute Gasteiger partial charge is 0.352 e. The molecule has 0 bridgehead atoms. The predicted octanol–water partition coefficient (Wildman–Crippen LogP) is 6.25. The van der Waals surface area contributed by atoms with Crippen LogP contribution in [-0.2, 0) is 4.79 Å². The molecule has 2 N–H and O–H groups in total. The molecule has 0 spiro atoms. The maximum Gasteiger partial charge on any atom is 0.226 e. The van der Waals surface area contributed by atoms with Gasteiger partial charge in [-0.25, -0.2) is 4.39 Å². The fourth-order valence-corrected chi connectivity index (χ4v) is 5.73. The number of para-hydroxylation sites is 1. The molecule has 0 aliphatic carbocycles. The fourth-order valence-electron chi connectivity index (χ4n) is 5.40. The van der Waals surface area contributed by atoms with Crippen molar-refractivity contribution in [2.45, 2.75) is 46.2 Å². The van der Waals surface area contributed by atoms with Crippen LogP contribution in [0.15, 0.2) is 72.9 Å². The third-order valence-electron chi connectivity index (χ3n) is 7.32. The number of thiocarbonyl (C=S) groups is 1. The zero-order valence-corrected chi connectivity index (χ0v) is 23.3. The fraction of sp³-hybridized carbons (Fsp3) is 0.258. The SMILES string of the molecule is Cc1ccc(C)c(-n2c(C)cc(C3C(c4ccccn4)NC(=S)N3CCC(=O)Nc3ccccc3F)c2C)c1. The van der Waals surface area contributed by atoms with Crippen molar-refractivity contribution in [2.75, 3.05) is 11.9 Å². The second-order valence-corrected chi connectivity index (χ2v) is 10.4. The molecule has 0 radical (unpaired) electrons. The number of carbonyl (C=O) groups is 1. The highest BCUT2D eigenvalue weighted by Crippen LogP contribution is 2.41. The van der Waals surface area contributed by atoms with Gasteiger partial charge in [-0.3, -0.25) is 9.78 Å². The second kappa shape index (κ2) is 11.0. The number of rotatable bonds is 7. The minimum absolute atomic E-state index is 0.150. The number of halogens is 1. The van der Waals surface area contributed by atoms with Gasteiger partial charge in [-0.05, 0) is 93.0 Å². The third-order valence-corrected chi connectivity index (χ3v) is 7.67. The van der Waals surface area contributed by atoms with Crippen LogP contribution in [0.5, 0.6) is 0 Å². The summed E-state index contributed by atoms with van der Waals surface area (Å²) in [5.41, 5.74) is 7.93.